The van der Waals surface area contributed by atoms with Crippen LogP contribution in [0.2, 0.25) is 0 Å². The lowest BCUT2D eigenvalue weighted by molar-refractivity contribution is 0.208. The summed E-state index contributed by atoms with van der Waals surface area (Å²) in [6, 6.07) is 7.72. The Kier molecular flexibility index (Phi) is 4.23. The van der Waals surface area contributed by atoms with Crippen LogP contribution in [0.3, 0.4) is 0 Å². The van der Waals surface area contributed by atoms with Crippen molar-refractivity contribution in [3.8, 4) is 5.75 Å². The SMILES string of the molecule is OCc1cccc(OCC2CCCCC2)c1. The third-order valence-electron chi connectivity index (χ3n) is 3.29. The van der Waals surface area contributed by atoms with Gasteiger partial charge in [-0.25, -0.2) is 0 Å². The van der Waals surface area contributed by atoms with Crippen LogP contribution in [0, 0.1) is 5.92 Å². The van der Waals surface area contributed by atoms with E-state index in [0.717, 1.165) is 23.8 Å². The molecular weight excluding hydrogens is 200 g/mol. The molecule has 88 valence electrons. The van der Waals surface area contributed by atoms with Crippen LogP contribution in [-0.4, -0.2) is 11.7 Å². The molecule has 0 unspecified atom stereocenters. The van der Waals surface area contributed by atoms with Crippen molar-refractivity contribution in [3.63, 3.8) is 0 Å². The average molecular weight is 220 g/mol. The maximum Gasteiger partial charge on any atom is 0.119 e. The van der Waals surface area contributed by atoms with Crippen molar-refractivity contribution >= 4 is 0 Å². The molecule has 0 bridgehead atoms. The number of aliphatic hydroxyl groups is 1. The van der Waals surface area contributed by atoms with Gasteiger partial charge in [-0.15, -0.1) is 0 Å². The van der Waals surface area contributed by atoms with Crippen molar-refractivity contribution in [2.75, 3.05) is 6.61 Å². The molecule has 1 aliphatic carbocycles. The van der Waals surface area contributed by atoms with Gasteiger partial charge in [-0.2, -0.15) is 0 Å². The van der Waals surface area contributed by atoms with Crippen molar-refractivity contribution in [1.82, 2.24) is 0 Å². The summed E-state index contributed by atoms with van der Waals surface area (Å²) < 4.78 is 5.78. The predicted molar refractivity (Wildman–Crippen MR) is 64.4 cm³/mol. The second-order valence-corrected chi connectivity index (χ2v) is 4.62. The van der Waals surface area contributed by atoms with Gasteiger partial charge in [0, 0.05) is 0 Å². The predicted octanol–water partition coefficient (Wildman–Crippen LogP) is 3.14. The van der Waals surface area contributed by atoms with Gasteiger partial charge in [0.2, 0.25) is 0 Å². The van der Waals surface area contributed by atoms with Crippen molar-refractivity contribution in [3.05, 3.63) is 29.8 Å². The number of hydrogen-bond acceptors (Lipinski definition) is 2. The van der Waals surface area contributed by atoms with E-state index >= 15 is 0 Å². The largest absolute Gasteiger partial charge is 0.493 e. The van der Waals surface area contributed by atoms with E-state index < -0.39 is 0 Å². The molecule has 2 rings (SSSR count). The Balaban J connectivity index is 1.83. The first-order chi connectivity index (χ1) is 7.88. The molecule has 0 heterocycles. The highest BCUT2D eigenvalue weighted by atomic mass is 16.5. The summed E-state index contributed by atoms with van der Waals surface area (Å²) in [6.07, 6.45) is 6.70. The number of benzene rings is 1. The molecule has 0 radical (unpaired) electrons. The van der Waals surface area contributed by atoms with Gasteiger partial charge >= 0.3 is 0 Å². The lowest BCUT2D eigenvalue weighted by atomic mass is 9.90. The summed E-state index contributed by atoms with van der Waals surface area (Å²) in [5.74, 6) is 1.61. The lowest BCUT2D eigenvalue weighted by Gasteiger charge is -2.21. The maximum absolute atomic E-state index is 9.02. The van der Waals surface area contributed by atoms with E-state index in [-0.39, 0.29) is 6.61 Å². The zero-order valence-electron chi connectivity index (χ0n) is 9.69. The molecule has 16 heavy (non-hydrogen) atoms. The van der Waals surface area contributed by atoms with Gasteiger partial charge in [-0.1, -0.05) is 31.4 Å². The Morgan fingerprint density at radius 3 is 2.75 bits per heavy atom. The summed E-state index contributed by atoms with van der Waals surface area (Å²) in [4.78, 5) is 0. The minimum atomic E-state index is 0.0840. The summed E-state index contributed by atoms with van der Waals surface area (Å²) in [6.45, 7) is 0.912. The number of aliphatic hydroxyl groups excluding tert-OH is 1. The molecule has 0 spiro atoms. The van der Waals surface area contributed by atoms with Gasteiger partial charge < -0.3 is 9.84 Å². The van der Waals surface area contributed by atoms with E-state index in [1.807, 2.05) is 24.3 Å². The smallest absolute Gasteiger partial charge is 0.119 e. The van der Waals surface area contributed by atoms with Crippen LogP contribution in [-0.2, 0) is 6.61 Å². The first kappa shape index (κ1) is 11.5. The van der Waals surface area contributed by atoms with Gasteiger partial charge in [0.1, 0.15) is 5.75 Å². The molecule has 0 aliphatic heterocycles. The van der Waals surface area contributed by atoms with Crippen LogP contribution in [0.4, 0.5) is 0 Å². The molecule has 2 heteroatoms. The zero-order chi connectivity index (χ0) is 11.2. The topological polar surface area (TPSA) is 29.5 Å². The minimum absolute atomic E-state index is 0.0840. The normalized spacial score (nSPS) is 17.3. The Bertz CT molecular complexity index is 316. The first-order valence-corrected chi connectivity index (χ1v) is 6.21. The third kappa shape index (κ3) is 3.24. The highest BCUT2D eigenvalue weighted by Gasteiger charge is 2.13. The number of ether oxygens (including phenoxy) is 1. The molecule has 0 amide bonds. The van der Waals surface area contributed by atoms with Crippen molar-refractivity contribution < 1.29 is 9.84 Å². The number of rotatable bonds is 4. The molecule has 0 saturated heterocycles. The van der Waals surface area contributed by atoms with Crippen LogP contribution >= 0.6 is 0 Å². The Morgan fingerprint density at radius 2 is 2.00 bits per heavy atom. The van der Waals surface area contributed by atoms with E-state index in [1.54, 1.807) is 0 Å². The second kappa shape index (κ2) is 5.90. The first-order valence-electron chi connectivity index (χ1n) is 6.21. The molecule has 1 fully saturated rings. The second-order valence-electron chi connectivity index (χ2n) is 4.62. The molecule has 1 aliphatic rings. The summed E-state index contributed by atoms with van der Waals surface area (Å²) in [5.41, 5.74) is 0.918. The van der Waals surface area contributed by atoms with Crippen LogP contribution < -0.4 is 4.74 Å². The molecule has 1 saturated carbocycles. The van der Waals surface area contributed by atoms with Crippen molar-refractivity contribution in [2.24, 2.45) is 5.92 Å². The van der Waals surface area contributed by atoms with Gasteiger partial charge in [-0.05, 0) is 36.5 Å². The van der Waals surface area contributed by atoms with Gasteiger partial charge in [0.25, 0.3) is 0 Å². The third-order valence-corrected chi connectivity index (χ3v) is 3.29. The number of hydrogen-bond donors (Lipinski definition) is 1. The highest BCUT2D eigenvalue weighted by Crippen LogP contribution is 2.24. The van der Waals surface area contributed by atoms with E-state index in [4.69, 9.17) is 9.84 Å². The maximum atomic E-state index is 9.02. The van der Waals surface area contributed by atoms with Crippen LogP contribution in [0.5, 0.6) is 5.75 Å². The van der Waals surface area contributed by atoms with Crippen LogP contribution in [0.1, 0.15) is 37.7 Å². The summed E-state index contributed by atoms with van der Waals surface area (Å²) in [5, 5.41) is 9.02. The van der Waals surface area contributed by atoms with E-state index in [1.165, 1.54) is 32.1 Å². The van der Waals surface area contributed by atoms with Crippen LogP contribution in [0.25, 0.3) is 0 Å². The summed E-state index contributed by atoms with van der Waals surface area (Å²) in [7, 11) is 0. The van der Waals surface area contributed by atoms with E-state index in [9.17, 15) is 0 Å². The molecule has 0 atom stereocenters. The van der Waals surface area contributed by atoms with Crippen molar-refractivity contribution in [2.45, 2.75) is 38.7 Å². The quantitative estimate of drug-likeness (QED) is 0.844. The van der Waals surface area contributed by atoms with Gasteiger partial charge in [0.15, 0.2) is 0 Å². The fourth-order valence-corrected chi connectivity index (χ4v) is 2.30. The van der Waals surface area contributed by atoms with E-state index in [0.29, 0.717) is 0 Å². The fourth-order valence-electron chi connectivity index (χ4n) is 2.30. The average Bonchev–Trinajstić information content (AvgIpc) is 2.38. The molecule has 0 aromatic heterocycles. The molecule has 1 N–H and O–H groups in total. The Hall–Kier alpha value is -1.02. The molecule has 1 aromatic rings. The fraction of sp³-hybridized carbons (Fsp3) is 0.571. The molecule has 2 nitrogen and oxygen atoms in total. The van der Waals surface area contributed by atoms with Crippen molar-refractivity contribution in [1.29, 1.82) is 0 Å². The van der Waals surface area contributed by atoms with Gasteiger partial charge in [-0.3, -0.25) is 0 Å². The highest BCUT2D eigenvalue weighted by molar-refractivity contribution is 5.27. The lowest BCUT2D eigenvalue weighted by Crippen LogP contribution is -2.15. The standard InChI is InChI=1S/C14H20O2/c15-10-13-7-4-8-14(9-13)16-11-12-5-2-1-3-6-12/h4,7-9,12,15H,1-3,5-6,10-11H2. The minimum Gasteiger partial charge on any atom is -0.493 e. The Labute approximate surface area is 97.3 Å². The molecule has 1 aromatic carbocycles. The van der Waals surface area contributed by atoms with Gasteiger partial charge in [0.05, 0.1) is 13.2 Å². The zero-order valence-corrected chi connectivity index (χ0v) is 9.69. The summed E-state index contributed by atoms with van der Waals surface area (Å²) >= 11 is 0. The monoisotopic (exact) mass is 220 g/mol. The van der Waals surface area contributed by atoms with Crippen LogP contribution in [0.15, 0.2) is 24.3 Å². The van der Waals surface area contributed by atoms with E-state index in [2.05, 4.69) is 0 Å². The Morgan fingerprint density at radius 1 is 1.19 bits per heavy atom. The molecular formula is C14H20O2.